The van der Waals surface area contributed by atoms with Gasteiger partial charge in [-0.3, -0.25) is 9.59 Å². The van der Waals surface area contributed by atoms with Crippen molar-refractivity contribution in [3.05, 3.63) is 72.5 Å². The standard InChI is InChI=1S/C31H31NO5/c1-4-36-31(34)24-10-7-13-32(18-24)30(33)14-20(2)25-16-26-27(19-37-29(26)17-28(25)35-3)23-12-11-21-8-5-6-9-22(21)15-23/h5-6,8-9,11-12,14-17,19,24H,4,7,10,13,18H2,1-3H3/b20-14+. The number of carbonyl (C=O) groups is 2. The minimum atomic E-state index is -0.271. The largest absolute Gasteiger partial charge is 0.496 e. The monoisotopic (exact) mass is 497 g/mol. The van der Waals surface area contributed by atoms with Gasteiger partial charge in [-0.1, -0.05) is 36.4 Å². The molecule has 6 heteroatoms. The van der Waals surface area contributed by atoms with E-state index in [-0.39, 0.29) is 17.8 Å². The maximum absolute atomic E-state index is 13.2. The molecule has 1 atom stereocenters. The normalized spacial score (nSPS) is 16.2. The molecule has 0 radical (unpaired) electrons. The van der Waals surface area contributed by atoms with E-state index in [4.69, 9.17) is 13.9 Å². The number of nitrogens with zero attached hydrogens (tertiary/aromatic N) is 1. The zero-order chi connectivity index (χ0) is 25.9. The number of likely N-dealkylation sites (tertiary alicyclic amines) is 1. The van der Waals surface area contributed by atoms with Gasteiger partial charge in [-0.25, -0.2) is 0 Å². The minimum Gasteiger partial charge on any atom is -0.496 e. The summed E-state index contributed by atoms with van der Waals surface area (Å²) in [6.45, 7) is 5.06. The van der Waals surface area contributed by atoms with Crippen molar-refractivity contribution in [2.24, 2.45) is 5.92 Å². The van der Waals surface area contributed by atoms with Gasteiger partial charge >= 0.3 is 5.97 Å². The summed E-state index contributed by atoms with van der Waals surface area (Å²) < 4.78 is 16.7. The van der Waals surface area contributed by atoms with Crippen molar-refractivity contribution < 1.29 is 23.5 Å². The number of carbonyl (C=O) groups excluding carboxylic acids is 2. The number of benzene rings is 3. The van der Waals surface area contributed by atoms with Crippen molar-refractivity contribution in [2.75, 3.05) is 26.8 Å². The molecule has 37 heavy (non-hydrogen) atoms. The number of fused-ring (bicyclic) bond motifs is 2. The first-order valence-electron chi connectivity index (χ1n) is 12.7. The summed E-state index contributed by atoms with van der Waals surface area (Å²) in [5.74, 6) is 0.0220. The number of esters is 1. The highest BCUT2D eigenvalue weighted by Gasteiger charge is 2.29. The van der Waals surface area contributed by atoms with Crippen molar-refractivity contribution in [1.29, 1.82) is 0 Å². The molecule has 190 valence electrons. The molecule has 5 rings (SSSR count). The van der Waals surface area contributed by atoms with Crippen molar-refractivity contribution in [3.8, 4) is 16.9 Å². The predicted molar refractivity (Wildman–Crippen MR) is 145 cm³/mol. The van der Waals surface area contributed by atoms with Crippen LogP contribution >= 0.6 is 0 Å². The summed E-state index contributed by atoms with van der Waals surface area (Å²) in [5.41, 5.74) is 4.37. The van der Waals surface area contributed by atoms with Crippen LogP contribution < -0.4 is 4.74 Å². The Hall–Kier alpha value is -4.06. The summed E-state index contributed by atoms with van der Waals surface area (Å²) >= 11 is 0. The fourth-order valence-electron chi connectivity index (χ4n) is 5.10. The predicted octanol–water partition coefficient (Wildman–Crippen LogP) is 6.47. The van der Waals surface area contributed by atoms with Gasteiger partial charge in [0.1, 0.15) is 11.3 Å². The highest BCUT2D eigenvalue weighted by atomic mass is 16.5. The molecular formula is C31H31NO5. The maximum Gasteiger partial charge on any atom is 0.310 e. The first kappa shape index (κ1) is 24.6. The highest BCUT2D eigenvalue weighted by Crippen LogP contribution is 2.38. The maximum atomic E-state index is 13.2. The molecule has 2 heterocycles. The van der Waals surface area contributed by atoms with Crippen molar-refractivity contribution in [3.63, 3.8) is 0 Å². The second-order valence-electron chi connectivity index (χ2n) is 9.46. The van der Waals surface area contributed by atoms with Gasteiger partial charge in [-0.05, 0) is 60.7 Å². The Kier molecular flexibility index (Phi) is 6.99. The highest BCUT2D eigenvalue weighted by molar-refractivity contribution is 6.01. The van der Waals surface area contributed by atoms with Crippen molar-refractivity contribution in [2.45, 2.75) is 26.7 Å². The third kappa shape index (κ3) is 4.96. The lowest BCUT2D eigenvalue weighted by molar-refractivity contribution is -0.150. The smallest absolute Gasteiger partial charge is 0.310 e. The molecule has 0 N–H and O–H groups in total. The van der Waals surface area contributed by atoms with Crippen LogP contribution in [0.4, 0.5) is 0 Å². The Bertz CT molecular complexity index is 1500. The second-order valence-corrected chi connectivity index (χ2v) is 9.46. The Balaban J connectivity index is 1.47. The van der Waals surface area contributed by atoms with Crippen LogP contribution in [0.25, 0.3) is 38.4 Å². The van der Waals surface area contributed by atoms with Gasteiger partial charge in [-0.2, -0.15) is 0 Å². The lowest BCUT2D eigenvalue weighted by Crippen LogP contribution is -2.42. The van der Waals surface area contributed by atoms with Gasteiger partial charge in [0.25, 0.3) is 0 Å². The Morgan fingerprint density at radius 2 is 1.92 bits per heavy atom. The molecule has 4 aromatic rings. The van der Waals surface area contributed by atoms with E-state index in [1.807, 2.05) is 31.2 Å². The van der Waals surface area contributed by atoms with Gasteiger partial charge in [0, 0.05) is 41.7 Å². The molecule has 0 aliphatic carbocycles. The first-order valence-corrected chi connectivity index (χ1v) is 12.7. The molecule has 1 aliphatic rings. The molecule has 1 unspecified atom stereocenters. The quantitative estimate of drug-likeness (QED) is 0.226. The zero-order valence-electron chi connectivity index (χ0n) is 21.5. The molecular weight excluding hydrogens is 466 g/mol. The molecule has 0 bridgehead atoms. The molecule has 0 saturated carbocycles. The SMILES string of the molecule is CCOC(=O)C1CCCN(C(=O)/C=C(\C)c2cc3c(-c4ccc5ccccc5c4)coc3cc2OC)C1. The van der Waals surface area contributed by atoms with Crippen LogP contribution in [0, 0.1) is 5.92 Å². The van der Waals surface area contributed by atoms with E-state index < -0.39 is 0 Å². The number of amides is 1. The van der Waals surface area contributed by atoms with Crippen LogP contribution in [0.5, 0.6) is 5.75 Å². The number of hydrogen-bond acceptors (Lipinski definition) is 5. The lowest BCUT2D eigenvalue weighted by atomic mass is 9.96. The molecule has 1 fully saturated rings. The van der Waals surface area contributed by atoms with Crippen LogP contribution in [0.15, 0.2) is 71.4 Å². The second kappa shape index (κ2) is 10.5. The number of rotatable bonds is 6. The van der Waals surface area contributed by atoms with E-state index in [1.54, 1.807) is 31.3 Å². The van der Waals surface area contributed by atoms with E-state index in [1.165, 1.54) is 5.39 Å². The summed E-state index contributed by atoms with van der Waals surface area (Å²) in [6.07, 6.45) is 4.92. The molecule has 6 nitrogen and oxygen atoms in total. The molecule has 1 saturated heterocycles. The molecule has 3 aromatic carbocycles. The molecule has 1 amide bonds. The van der Waals surface area contributed by atoms with Crippen molar-refractivity contribution >= 4 is 39.2 Å². The van der Waals surface area contributed by atoms with Crippen molar-refractivity contribution in [1.82, 2.24) is 4.90 Å². The van der Waals surface area contributed by atoms with E-state index in [9.17, 15) is 9.59 Å². The Morgan fingerprint density at radius 3 is 2.70 bits per heavy atom. The summed E-state index contributed by atoms with van der Waals surface area (Å²) in [7, 11) is 1.61. The number of piperidine rings is 1. The number of methoxy groups -OCH3 is 1. The van der Waals surface area contributed by atoms with Crippen LogP contribution in [0.3, 0.4) is 0 Å². The molecule has 0 spiro atoms. The fourth-order valence-corrected chi connectivity index (χ4v) is 5.10. The number of furan rings is 1. The Labute approximate surface area is 216 Å². The molecule has 1 aromatic heterocycles. The topological polar surface area (TPSA) is 69.0 Å². The van der Waals surface area contributed by atoms with E-state index in [0.29, 0.717) is 25.4 Å². The van der Waals surface area contributed by atoms with E-state index in [0.717, 1.165) is 51.5 Å². The summed E-state index contributed by atoms with van der Waals surface area (Å²) in [6, 6.07) is 18.5. The summed E-state index contributed by atoms with van der Waals surface area (Å²) in [4.78, 5) is 27.1. The van der Waals surface area contributed by atoms with Crippen LogP contribution in [0.1, 0.15) is 32.3 Å². The minimum absolute atomic E-state index is 0.115. The van der Waals surface area contributed by atoms with Gasteiger partial charge in [0.05, 0.1) is 25.9 Å². The van der Waals surface area contributed by atoms with Crippen LogP contribution in [-0.4, -0.2) is 43.6 Å². The molecule has 1 aliphatic heterocycles. The third-order valence-electron chi connectivity index (χ3n) is 7.07. The average Bonchev–Trinajstić information content (AvgIpc) is 3.35. The van der Waals surface area contributed by atoms with Gasteiger partial charge < -0.3 is 18.8 Å². The number of ether oxygens (including phenoxy) is 2. The van der Waals surface area contributed by atoms with Gasteiger partial charge in [-0.15, -0.1) is 0 Å². The first-order chi connectivity index (χ1) is 18.0. The average molecular weight is 498 g/mol. The van der Waals surface area contributed by atoms with Gasteiger partial charge in [0.15, 0.2) is 0 Å². The number of hydrogen-bond donors (Lipinski definition) is 0. The number of allylic oxidation sites excluding steroid dienone is 1. The fraction of sp³-hybridized carbons (Fsp3) is 0.290. The van der Waals surface area contributed by atoms with Crippen LogP contribution in [-0.2, 0) is 14.3 Å². The van der Waals surface area contributed by atoms with Gasteiger partial charge in [0.2, 0.25) is 5.91 Å². The summed E-state index contributed by atoms with van der Waals surface area (Å²) in [5, 5.41) is 3.29. The van der Waals surface area contributed by atoms with E-state index in [2.05, 4.69) is 30.3 Å². The van der Waals surface area contributed by atoms with E-state index >= 15 is 0 Å². The lowest BCUT2D eigenvalue weighted by Gasteiger charge is -2.31. The zero-order valence-corrected chi connectivity index (χ0v) is 21.5. The third-order valence-corrected chi connectivity index (χ3v) is 7.07. The van der Waals surface area contributed by atoms with Crippen LogP contribution in [0.2, 0.25) is 0 Å². The Morgan fingerprint density at radius 1 is 1.11 bits per heavy atom.